The number of rotatable bonds is 11. The molecule has 0 unspecified atom stereocenters. The second-order valence-electron chi connectivity index (χ2n) is 9.72. The van der Waals surface area contributed by atoms with Crippen molar-refractivity contribution in [3.8, 4) is 5.75 Å². The maximum absolute atomic E-state index is 12.6. The molecule has 0 bridgehead atoms. The van der Waals surface area contributed by atoms with E-state index in [9.17, 15) is 23.3 Å². The van der Waals surface area contributed by atoms with E-state index in [2.05, 4.69) is 10.5 Å². The summed E-state index contributed by atoms with van der Waals surface area (Å²) >= 11 is 0. The predicted octanol–water partition coefficient (Wildman–Crippen LogP) is 5.52. The number of hydrazone groups is 1. The largest absolute Gasteiger partial charge is 0.489 e. The molecule has 4 aromatic carbocycles. The van der Waals surface area contributed by atoms with Crippen LogP contribution in [0.5, 0.6) is 5.75 Å². The topological polar surface area (TPSA) is 131 Å². The van der Waals surface area contributed by atoms with Crippen molar-refractivity contribution < 1.29 is 22.9 Å². The molecule has 0 aliphatic rings. The van der Waals surface area contributed by atoms with Gasteiger partial charge in [0.25, 0.3) is 11.6 Å². The van der Waals surface area contributed by atoms with Crippen molar-refractivity contribution in [3.63, 3.8) is 0 Å². The summed E-state index contributed by atoms with van der Waals surface area (Å²) in [5, 5.41) is 14.8. The average molecular weight is 587 g/mol. The molecule has 0 aliphatic heterocycles. The Labute approximate surface area is 244 Å². The summed E-state index contributed by atoms with van der Waals surface area (Å²) < 4.78 is 32.1. The number of sulfonamides is 1. The standard InChI is InChI=1S/C31H30N4O6S/c1-22-4-13-29(18-23(22)2)34(42(3,39)40)20-25-5-11-27(12-6-25)31(36)33-32-19-24-9-16-30(17-10-24)41-21-26-7-14-28(15-8-26)35(37)38/h4-19H,20-21H2,1-3H3,(H,33,36)/b32-19-. The van der Waals surface area contributed by atoms with Crippen molar-refractivity contribution in [3.05, 3.63) is 134 Å². The predicted molar refractivity (Wildman–Crippen MR) is 162 cm³/mol. The Kier molecular flexibility index (Phi) is 9.33. The van der Waals surface area contributed by atoms with Crippen LogP contribution in [0.25, 0.3) is 0 Å². The molecule has 0 atom stereocenters. The van der Waals surface area contributed by atoms with Crippen molar-refractivity contribution in [2.75, 3.05) is 10.6 Å². The first kappa shape index (κ1) is 29.9. The van der Waals surface area contributed by atoms with Crippen LogP contribution >= 0.6 is 0 Å². The minimum Gasteiger partial charge on any atom is -0.489 e. The number of amides is 1. The number of carbonyl (C=O) groups is 1. The minimum absolute atomic E-state index is 0.0244. The van der Waals surface area contributed by atoms with Gasteiger partial charge in [-0.25, -0.2) is 13.8 Å². The highest BCUT2D eigenvalue weighted by molar-refractivity contribution is 7.92. The lowest BCUT2D eigenvalue weighted by molar-refractivity contribution is -0.384. The van der Waals surface area contributed by atoms with Crippen LogP contribution in [0.1, 0.15) is 38.2 Å². The molecule has 0 saturated carbocycles. The van der Waals surface area contributed by atoms with Crippen LogP contribution in [-0.2, 0) is 23.2 Å². The lowest BCUT2D eigenvalue weighted by Gasteiger charge is -2.23. The van der Waals surface area contributed by atoms with Crippen molar-refractivity contribution in [2.24, 2.45) is 5.10 Å². The molecular formula is C31H30N4O6S. The Morgan fingerprint density at radius 2 is 1.57 bits per heavy atom. The highest BCUT2D eigenvalue weighted by atomic mass is 32.2. The van der Waals surface area contributed by atoms with E-state index in [1.54, 1.807) is 66.7 Å². The molecule has 10 nitrogen and oxygen atoms in total. The zero-order chi connectivity index (χ0) is 30.3. The van der Waals surface area contributed by atoms with Crippen LogP contribution in [0.15, 0.2) is 96.1 Å². The summed E-state index contributed by atoms with van der Waals surface area (Å²) in [7, 11) is -3.53. The molecule has 0 fully saturated rings. The fourth-order valence-corrected chi connectivity index (χ4v) is 4.85. The van der Waals surface area contributed by atoms with Crippen molar-refractivity contribution >= 4 is 33.5 Å². The third-order valence-electron chi connectivity index (χ3n) is 6.53. The third-order valence-corrected chi connectivity index (χ3v) is 7.67. The van der Waals surface area contributed by atoms with Crippen molar-refractivity contribution in [2.45, 2.75) is 27.0 Å². The number of hydrogen-bond acceptors (Lipinski definition) is 7. The number of hydrogen-bond donors (Lipinski definition) is 1. The van der Waals surface area contributed by atoms with Crippen LogP contribution in [0.4, 0.5) is 11.4 Å². The van der Waals surface area contributed by atoms with E-state index in [0.717, 1.165) is 27.8 Å². The minimum atomic E-state index is -3.53. The lowest BCUT2D eigenvalue weighted by atomic mass is 10.1. The Morgan fingerprint density at radius 3 is 2.17 bits per heavy atom. The maximum atomic E-state index is 12.6. The van der Waals surface area contributed by atoms with E-state index < -0.39 is 20.9 Å². The smallest absolute Gasteiger partial charge is 0.271 e. The SMILES string of the molecule is Cc1ccc(N(Cc2ccc(C(=O)N/N=C\c3ccc(OCc4ccc([N+](=O)[O-])cc4)cc3)cc2)S(C)(=O)=O)cc1C. The fourth-order valence-electron chi connectivity index (χ4n) is 3.97. The Balaban J connectivity index is 1.30. The first-order chi connectivity index (χ1) is 20.0. The van der Waals surface area contributed by atoms with E-state index in [4.69, 9.17) is 4.74 Å². The van der Waals surface area contributed by atoms with Crippen LogP contribution in [0, 0.1) is 24.0 Å². The number of anilines is 1. The molecule has 0 spiro atoms. The fraction of sp³-hybridized carbons (Fsp3) is 0.161. The zero-order valence-corrected chi connectivity index (χ0v) is 24.2. The molecule has 1 N–H and O–H groups in total. The van der Waals surface area contributed by atoms with E-state index in [0.29, 0.717) is 17.0 Å². The number of nitro benzene ring substituents is 1. The monoisotopic (exact) mass is 586 g/mol. The Bertz CT molecular complexity index is 1700. The van der Waals surface area contributed by atoms with E-state index >= 15 is 0 Å². The van der Waals surface area contributed by atoms with Crippen LogP contribution in [-0.4, -0.2) is 31.7 Å². The molecule has 1 amide bonds. The number of nitrogens with zero attached hydrogens (tertiary/aromatic N) is 3. The van der Waals surface area contributed by atoms with Gasteiger partial charge in [0.15, 0.2) is 0 Å². The van der Waals surface area contributed by atoms with Gasteiger partial charge in [0.05, 0.1) is 29.6 Å². The van der Waals surface area contributed by atoms with Gasteiger partial charge in [-0.1, -0.05) is 18.2 Å². The number of nitro groups is 1. The quantitative estimate of drug-likeness (QED) is 0.140. The Hall–Kier alpha value is -5.03. The van der Waals surface area contributed by atoms with Crippen LogP contribution < -0.4 is 14.5 Å². The molecule has 0 saturated heterocycles. The first-order valence-electron chi connectivity index (χ1n) is 12.9. The zero-order valence-electron chi connectivity index (χ0n) is 23.4. The van der Waals surface area contributed by atoms with Gasteiger partial charge < -0.3 is 4.74 Å². The number of benzene rings is 4. The number of non-ortho nitro benzene ring substituents is 1. The number of carbonyl (C=O) groups excluding carboxylic acids is 1. The van der Waals surface area contributed by atoms with Crippen molar-refractivity contribution in [1.82, 2.24) is 5.43 Å². The van der Waals surface area contributed by atoms with Gasteiger partial charge in [-0.2, -0.15) is 5.10 Å². The third kappa shape index (κ3) is 8.01. The number of aryl methyl sites for hydroxylation is 2. The summed E-state index contributed by atoms with van der Waals surface area (Å²) in [6, 6.07) is 25.4. The second-order valence-corrected chi connectivity index (χ2v) is 11.6. The molecule has 4 rings (SSSR count). The second kappa shape index (κ2) is 13.1. The van der Waals surface area contributed by atoms with Gasteiger partial charge in [-0.05, 0) is 102 Å². The van der Waals surface area contributed by atoms with Gasteiger partial charge in [-0.15, -0.1) is 0 Å². The van der Waals surface area contributed by atoms with Crippen molar-refractivity contribution in [1.29, 1.82) is 0 Å². The summed E-state index contributed by atoms with van der Waals surface area (Å²) in [4.78, 5) is 22.9. The lowest BCUT2D eigenvalue weighted by Crippen LogP contribution is -2.29. The van der Waals surface area contributed by atoms with Gasteiger partial charge in [0.1, 0.15) is 12.4 Å². The van der Waals surface area contributed by atoms with Gasteiger partial charge in [0, 0.05) is 17.7 Å². The summed E-state index contributed by atoms with van der Waals surface area (Å²) in [6.07, 6.45) is 2.67. The Morgan fingerprint density at radius 1 is 0.929 bits per heavy atom. The number of nitrogens with one attached hydrogen (secondary N) is 1. The van der Waals surface area contributed by atoms with Gasteiger partial charge >= 0.3 is 0 Å². The number of ether oxygens (including phenoxy) is 1. The summed E-state index contributed by atoms with van der Waals surface area (Å²) in [5.74, 6) is 0.205. The summed E-state index contributed by atoms with van der Waals surface area (Å²) in [5.41, 5.74) is 7.82. The van der Waals surface area contributed by atoms with E-state index in [1.807, 2.05) is 26.0 Å². The average Bonchev–Trinajstić information content (AvgIpc) is 2.97. The normalized spacial score (nSPS) is 11.3. The molecule has 4 aromatic rings. The van der Waals surface area contributed by atoms with E-state index in [-0.39, 0.29) is 18.8 Å². The molecular weight excluding hydrogens is 556 g/mol. The molecule has 216 valence electrons. The molecule has 0 aliphatic carbocycles. The summed E-state index contributed by atoms with van der Waals surface area (Å²) in [6.45, 7) is 4.30. The highest BCUT2D eigenvalue weighted by Gasteiger charge is 2.18. The first-order valence-corrected chi connectivity index (χ1v) is 14.8. The highest BCUT2D eigenvalue weighted by Crippen LogP contribution is 2.24. The van der Waals surface area contributed by atoms with Gasteiger partial charge in [0.2, 0.25) is 10.0 Å². The molecule has 0 aromatic heterocycles. The van der Waals surface area contributed by atoms with E-state index in [1.165, 1.54) is 28.9 Å². The van der Waals surface area contributed by atoms with Crippen LogP contribution in [0.2, 0.25) is 0 Å². The van der Waals surface area contributed by atoms with Crippen LogP contribution in [0.3, 0.4) is 0 Å². The van der Waals surface area contributed by atoms with Gasteiger partial charge in [-0.3, -0.25) is 19.2 Å². The molecule has 0 radical (unpaired) electrons. The molecule has 0 heterocycles. The molecule has 11 heteroatoms. The molecule has 42 heavy (non-hydrogen) atoms. The maximum Gasteiger partial charge on any atom is 0.271 e.